The molecule has 5 heterocycles. The van der Waals surface area contributed by atoms with E-state index in [1.54, 1.807) is 22.4 Å². The Morgan fingerprint density at radius 3 is 2.33 bits per heavy atom. The van der Waals surface area contributed by atoms with Gasteiger partial charge in [0.05, 0.1) is 51.3 Å². The Hall–Kier alpha value is -4.13. The van der Waals surface area contributed by atoms with Crippen LogP contribution in [0.25, 0.3) is 33.4 Å². The molecule has 3 aliphatic rings. The van der Waals surface area contributed by atoms with Crippen LogP contribution in [0.3, 0.4) is 0 Å². The second-order valence-corrected chi connectivity index (χ2v) is 17.0. The minimum absolute atomic E-state index is 0.229. The van der Waals surface area contributed by atoms with Crippen LogP contribution in [0.15, 0.2) is 54.7 Å². The van der Waals surface area contributed by atoms with Gasteiger partial charge < -0.3 is 28.7 Å². The van der Waals surface area contributed by atoms with Crippen molar-refractivity contribution in [3.05, 3.63) is 76.1 Å². The average molecular weight is 771 g/mol. The Bertz CT molecular complexity index is 2150. The standard InChI is InChI=1S/C39H44BFN4O5S.2C2H6/c1-9-44(36(46)48-37(2,3)4)21-33-42-20-27(43-33)23-17-26(41)34-29-18-24-16-25(40-49-38(5,6)39(7,8)50-40)12-13-28(24)45(29)35(47-30(34)19-23)32-15-14-31(51-32)22-10-11-22;2*1-2/h12-20,22,35H,9-11,21H2,1-8H3,(H,42,43);2*1-2H3. The molecular formula is C43H56BFN4O5S. The molecule has 1 saturated heterocycles. The zero-order valence-corrected chi connectivity index (χ0v) is 35.2. The summed E-state index contributed by atoms with van der Waals surface area (Å²) in [7, 11) is -0.513. The average Bonchev–Trinajstić information content (AvgIpc) is 3.44. The Morgan fingerprint density at radius 1 is 1.02 bits per heavy atom. The molecule has 2 aliphatic heterocycles. The lowest BCUT2D eigenvalue weighted by atomic mass is 9.78. The van der Waals surface area contributed by atoms with Crippen molar-refractivity contribution in [2.75, 3.05) is 6.54 Å². The Balaban J connectivity index is 0.00000125. The highest BCUT2D eigenvalue weighted by Crippen LogP contribution is 2.50. The smallest absolute Gasteiger partial charge is 0.464 e. The second kappa shape index (κ2) is 15.4. The number of rotatable bonds is 7. The van der Waals surface area contributed by atoms with Crippen LogP contribution in [0.5, 0.6) is 5.75 Å². The molecule has 294 valence electrons. The zero-order valence-electron chi connectivity index (χ0n) is 34.4. The number of ether oxygens (including phenoxy) is 2. The molecule has 1 atom stereocenters. The number of aromatic nitrogens is 3. The fourth-order valence-electron chi connectivity index (χ4n) is 6.75. The molecule has 12 heteroatoms. The molecule has 2 aromatic carbocycles. The summed E-state index contributed by atoms with van der Waals surface area (Å²) < 4.78 is 43.7. The number of imidazole rings is 1. The molecule has 8 rings (SSSR count). The van der Waals surface area contributed by atoms with Crippen LogP contribution in [0.2, 0.25) is 0 Å². The molecule has 1 aliphatic carbocycles. The van der Waals surface area contributed by atoms with Gasteiger partial charge in [0.2, 0.25) is 6.23 Å². The number of hydrogen-bond donors (Lipinski definition) is 1. The number of fused-ring (bicyclic) bond motifs is 5. The highest BCUT2D eigenvalue weighted by Gasteiger charge is 2.51. The number of hydrogen-bond acceptors (Lipinski definition) is 7. The molecule has 1 saturated carbocycles. The number of nitrogens with one attached hydrogen (secondary N) is 1. The summed E-state index contributed by atoms with van der Waals surface area (Å²) >= 11 is 1.77. The van der Waals surface area contributed by atoms with E-state index in [9.17, 15) is 4.79 Å². The maximum Gasteiger partial charge on any atom is 0.494 e. The predicted octanol–water partition coefficient (Wildman–Crippen LogP) is 10.8. The van der Waals surface area contributed by atoms with Crippen molar-refractivity contribution in [3.8, 4) is 28.3 Å². The number of carbonyl (C=O) groups excluding carboxylic acids is 1. The number of carbonyl (C=O) groups is 1. The Labute approximate surface area is 329 Å². The van der Waals surface area contributed by atoms with Gasteiger partial charge in [-0.15, -0.1) is 11.3 Å². The molecule has 3 aromatic heterocycles. The second-order valence-electron chi connectivity index (χ2n) is 15.9. The van der Waals surface area contributed by atoms with E-state index in [0.29, 0.717) is 40.9 Å². The van der Waals surface area contributed by atoms with Gasteiger partial charge in [-0.2, -0.15) is 0 Å². The topological polar surface area (TPSA) is 90.8 Å². The molecule has 55 heavy (non-hydrogen) atoms. The fourth-order valence-corrected chi connectivity index (χ4v) is 7.95. The van der Waals surface area contributed by atoms with E-state index in [1.165, 1.54) is 23.8 Å². The lowest BCUT2D eigenvalue weighted by Gasteiger charge is -2.32. The lowest BCUT2D eigenvalue weighted by molar-refractivity contribution is 0.00578. The van der Waals surface area contributed by atoms with Gasteiger partial charge in [-0.25, -0.2) is 14.2 Å². The molecule has 0 radical (unpaired) electrons. The summed E-state index contributed by atoms with van der Waals surface area (Å²) in [5.74, 6) is 1.23. The minimum Gasteiger partial charge on any atom is -0.464 e. The maximum absolute atomic E-state index is 16.5. The predicted molar refractivity (Wildman–Crippen MR) is 221 cm³/mol. The van der Waals surface area contributed by atoms with Gasteiger partial charge in [0.1, 0.15) is 23.0 Å². The monoisotopic (exact) mass is 770 g/mol. The largest absolute Gasteiger partial charge is 0.494 e. The SMILES string of the molecule is CC.CC.CCN(Cc1ncc(-c2cc(F)c3c(c2)OC(c2ccc(C4CC4)s2)n2c-3cc3cc(B4OC(C)(C)C(C)(C)O4)ccc32)[nH]1)C(=O)OC(C)(C)C. The maximum atomic E-state index is 16.5. The van der Waals surface area contributed by atoms with Crippen molar-refractivity contribution in [2.24, 2.45) is 0 Å². The van der Waals surface area contributed by atoms with Crippen molar-refractivity contribution in [1.82, 2.24) is 19.4 Å². The van der Waals surface area contributed by atoms with E-state index in [1.807, 2.05) is 101 Å². The van der Waals surface area contributed by atoms with Crippen molar-refractivity contribution in [2.45, 2.75) is 131 Å². The van der Waals surface area contributed by atoms with Gasteiger partial charge in [-0.3, -0.25) is 4.57 Å². The zero-order chi connectivity index (χ0) is 40.0. The Morgan fingerprint density at radius 2 is 1.69 bits per heavy atom. The first-order chi connectivity index (χ1) is 26.1. The van der Waals surface area contributed by atoms with Gasteiger partial charge in [-0.05, 0) is 116 Å². The van der Waals surface area contributed by atoms with Gasteiger partial charge >= 0.3 is 13.2 Å². The van der Waals surface area contributed by atoms with Crippen molar-refractivity contribution in [3.63, 3.8) is 0 Å². The number of H-pyrrole nitrogens is 1. The van der Waals surface area contributed by atoms with Gasteiger partial charge in [0, 0.05) is 22.4 Å². The number of aromatic amines is 1. The number of nitrogens with zero attached hydrogens (tertiary/aromatic N) is 3. The normalized spacial score (nSPS) is 18.0. The molecule has 0 bridgehead atoms. The summed E-state index contributed by atoms with van der Waals surface area (Å²) in [6.07, 6.45) is 3.18. The summed E-state index contributed by atoms with van der Waals surface area (Å²) in [4.78, 5) is 24.6. The molecule has 5 aromatic rings. The number of thiophene rings is 1. The van der Waals surface area contributed by atoms with Gasteiger partial charge in [0.15, 0.2) is 0 Å². The highest BCUT2D eigenvalue weighted by molar-refractivity contribution is 7.12. The summed E-state index contributed by atoms with van der Waals surface area (Å²) in [5.41, 5.74) is 2.68. The van der Waals surface area contributed by atoms with Gasteiger partial charge in [0.25, 0.3) is 0 Å². The third-order valence-corrected chi connectivity index (χ3v) is 11.6. The first-order valence-electron chi connectivity index (χ1n) is 19.7. The molecule has 0 spiro atoms. The van der Waals surface area contributed by atoms with E-state index >= 15 is 4.39 Å². The third-order valence-electron chi connectivity index (χ3n) is 10.4. The quantitative estimate of drug-likeness (QED) is 0.166. The summed E-state index contributed by atoms with van der Waals surface area (Å²) in [6.45, 7) is 24.3. The molecule has 2 fully saturated rings. The first kappa shape index (κ1) is 40.5. The highest BCUT2D eigenvalue weighted by atomic mass is 32.1. The summed E-state index contributed by atoms with van der Waals surface area (Å²) in [6, 6.07) is 16.0. The molecule has 1 N–H and O–H groups in total. The number of amides is 1. The van der Waals surface area contributed by atoms with E-state index in [4.69, 9.17) is 18.8 Å². The van der Waals surface area contributed by atoms with Gasteiger partial charge in [-0.1, -0.05) is 39.8 Å². The number of halogens is 1. The van der Waals surface area contributed by atoms with E-state index < -0.39 is 42.1 Å². The first-order valence-corrected chi connectivity index (χ1v) is 20.6. The lowest BCUT2D eigenvalue weighted by Crippen LogP contribution is -2.41. The molecular weight excluding hydrogens is 714 g/mol. The van der Waals surface area contributed by atoms with Crippen LogP contribution in [0.1, 0.15) is 124 Å². The summed E-state index contributed by atoms with van der Waals surface area (Å²) in [5, 5.41) is 0.949. The van der Waals surface area contributed by atoms with Crippen LogP contribution in [-0.4, -0.2) is 56.0 Å². The fraction of sp³-hybridized carbons (Fsp3) is 0.488. The minimum atomic E-state index is -0.610. The molecule has 9 nitrogen and oxygen atoms in total. The molecule has 1 unspecified atom stereocenters. The van der Waals surface area contributed by atoms with Crippen LogP contribution in [-0.2, 0) is 20.6 Å². The van der Waals surface area contributed by atoms with Crippen molar-refractivity contribution in [1.29, 1.82) is 0 Å². The van der Waals surface area contributed by atoms with E-state index in [0.717, 1.165) is 26.9 Å². The number of benzene rings is 2. The van der Waals surface area contributed by atoms with E-state index in [-0.39, 0.29) is 6.54 Å². The molecule has 1 amide bonds. The van der Waals surface area contributed by atoms with Crippen LogP contribution >= 0.6 is 11.3 Å². The van der Waals surface area contributed by atoms with Crippen LogP contribution in [0.4, 0.5) is 9.18 Å². The third kappa shape index (κ3) is 7.96. The Kier molecular flexibility index (Phi) is 11.4. The van der Waals surface area contributed by atoms with E-state index in [2.05, 4.69) is 38.8 Å². The van der Waals surface area contributed by atoms with Crippen molar-refractivity contribution >= 4 is 40.9 Å². The van der Waals surface area contributed by atoms with Crippen LogP contribution in [0, 0.1) is 5.82 Å². The van der Waals surface area contributed by atoms with Crippen LogP contribution < -0.4 is 10.2 Å². The van der Waals surface area contributed by atoms with Crippen molar-refractivity contribution < 1.29 is 28.0 Å².